The van der Waals surface area contributed by atoms with Crippen LogP contribution in [0.3, 0.4) is 0 Å². The number of ether oxygens (including phenoxy) is 2. The molecule has 1 saturated heterocycles. The lowest BCUT2D eigenvalue weighted by Gasteiger charge is -2.14. The zero-order valence-electron chi connectivity index (χ0n) is 22.1. The number of rotatable bonds is 11. The van der Waals surface area contributed by atoms with Crippen LogP contribution in [0.5, 0.6) is 11.5 Å². The van der Waals surface area contributed by atoms with E-state index in [1.165, 1.54) is 25.9 Å². The summed E-state index contributed by atoms with van der Waals surface area (Å²) in [6.45, 7) is 4.20. The topological polar surface area (TPSA) is 83.3 Å². The molecule has 9 heteroatoms. The number of nitrogens with one attached hydrogen (secondary N) is 1. The van der Waals surface area contributed by atoms with Crippen LogP contribution in [0.4, 0.5) is 11.6 Å². The monoisotopic (exact) mass is 557 g/mol. The molecule has 0 radical (unpaired) electrons. The van der Waals surface area contributed by atoms with Gasteiger partial charge < -0.3 is 19.7 Å². The number of thioether (sulfide) groups is 1. The molecular formula is C30H31N5O2S2. The molecule has 2 aromatic carbocycles. The number of nitriles is 1. The predicted molar refractivity (Wildman–Crippen MR) is 159 cm³/mol. The lowest BCUT2D eigenvalue weighted by molar-refractivity contribution is 0.263. The summed E-state index contributed by atoms with van der Waals surface area (Å²) in [5.41, 5.74) is 4.03. The number of hydrogen-bond acceptors (Lipinski definition) is 9. The van der Waals surface area contributed by atoms with Gasteiger partial charge >= 0.3 is 0 Å². The summed E-state index contributed by atoms with van der Waals surface area (Å²) >= 11 is 3.13. The van der Waals surface area contributed by atoms with Gasteiger partial charge in [0.1, 0.15) is 17.6 Å². The van der Waals surface area contributed by atoms with Gasteiger partial charge in [0.2, 0.25) is 5.95 Å². The van der Waals surface area contributed by atoms with E-state index in [2.05, 4.69) is 21.3 Å². The molecule has 0 aliphatic carbocycles. The van der Waals surface area contributed by atoms with Crippen LogP contribution in [-0.4, -0.2) is 54.5 Å². The number of hydrogen-bond donors (Lipinski definition) is 1. The number of methoxy groups -OCH3 is 1. The fourth-order valence-corrected chi connectivity index (χ4v) is 6.62. The van der Waals surface area contributed by atoms with Gasteiger partial charge in [-0.1, -0.05) is 18.2 Å². The zero-order valence-corrected chi connectivity index (χ0v) is 23.8. The van der Waals surface area contributed by atoms with E-state index in [-0.39, 0.29) is 0 Å². The number of nitrogens with zero attached hydrogens (tertiary/aromatic N) is 4. The molecule has 0 spiro atoms. The van der Waals surface area contributed by atoms with E-state index in [0.717, 1.165) is 56.1 Å². The number of thiophene rings is 1. The van der Waals surface area contributed by atoms with E-state index in [0.29, 0.717) is 18.1 Å². The Labute approximate surface area is 237 Å². The average molecular weight is 558 g/mol. The van der Waals surface area contributed by atoms with E-state index in [9.17, 15) is 5.26 Å². The van der Waals surface area contributed by atoms with Gasteiger partial charge in [-0.2, -0.15) is 5.26 Å². The van der Waals surface area contributed by atoms with E-state index < -0.39 is 0 Å². The highest BCUT2D eigenvalue weighted by molar-refractivity contribution is 8.00. The number of benzene rings is 2. The van der Waals surface area contributed by atoms with Crippen molar-refractivity contribution in [3.05, 3.63) is 66.4 Å². The molecule has 0 unspecified atom stereocenters. The Balaban J connectivity index is 1.36. The molecule has 7 nitrogen and oxygen atoms in total. The molecule has 0 amide bonds. The fourth-order valence-electron chi connectivity index (χ4n) is 4.71. The van der Waals surface area contributed by atoms with Crippen LogP contribution in [0.25, 0.3) is 21.7 Å². The van der Waals surface area contributed by atoms with E-state index in [1.54, 1.807) is 36.4 Å². The molecule has 0 bridgehead atoms. The lowest BCUT2D eigenvalue weighted by atomic mass is 10.0. The maximum atomic E-state index is 10.0. The van der Waals surface area contributed by atoms with Gasteiger partial charge in [-0.15, -0.1) is 23.1 Å². The summed E-state index contributed by atoms with van der Waals surface area (Å²) in [5, 5.41) is 13.4. The van der Waals surface area contributed by atoms with Gasteiger partial charge in [-0.25, -0.2) is 9.97 Å². The average Bonchev–Trinajstić information content (AvgIpc) is 3.63. The van der Waals surface area contributed by atoms with E-state index >= 15 is 0 Å². The highest BCUT2D eigenvalue weighted by atomic mass is 32.2. The number of aromatic nitrogens is 2. The Kier molecular flexibility index (Phi) is 8.99. The van der Waals surface area contributed by atoms with Crippen LogP contribution in [0, 0.1) is 11.3 Å². The Bertz CT molecular complexity index is 1460. The maximum absolute atomic E-state index is 10.0. The second kappa shape index (κ2) is 13.0. The van der Waals surface area contributed by atoms with Crippen LogP contribution in [0.2, 0.25) is 0 Å². The van der Waals surface area contributed by atoms with Gasteiger partial charge in [0.15, 0.2) is 0 Å². The van der Waals surface area contributed by atoms with Crippen LogP contribution in [-0.2, 0) is 0 Å². The molecule has 1 N–H and O–H groups in total. The second-order valence-electron chi connectivity index (χ2n) is 9.19. The van der Waals surface area contributed by atoms with Crippen molar-refractivity contribution in [3.63, 3.8) is 0 Å². The Morgan fingerprint density at radius 2 is 1.92 bits per heavy atom. The van der Waals surface area contributed by atoms with Gasteiger partial charge in [0.25, 0.3) is 0 Å². The normalized spacial score (nSPS) is 13.3. The highest BCUT2D eigenvalue weighted by Gasteiger charge is 2.22. The first-order valence-corrected chi connectivity index (χ1v) is 15.0. The van der Waals surface area contributed by atoms with Crippen molar-refractivity contribution in [2.75, 3.05) is 44.9 Å². The van der Waals surface area contributed by atoms with Crippen molar-refractivity contribution in [2.45, 2.75) is 23.5 Å². The van der Waals surface area contributed by atoms with Gasteiger partial charge in [0.05, 0.1) is 34.1 Å². The molecular weight excluding hydrogens is 526 g/mol. The maximum Gasteiger partial charge on any atom is 0.227 e. The Morgan fingerprint density at radius 1 is 1.10 bits per heavy atom. The summed E-state index contributed by atoms with van der Waals surface area (Å²) in [6.07, 6.45) is 7.36. The molecule has 1 fully saturated rings. The summed E-state index contributed by atoms with van der Waals surface area (Å²) in [5.74, 6) is 2.04. The summed E-state index contributed by atoms with van der Waals surface area (Å²) in [4.78, 5) is 12.7. The van der Waals surface area contributed by atoms with Crippen molar-refractivity contribution in [3.8, 4) is 39.3 Å². The van der Waals surface area contributed by atoms with Crippen molar-refractivity contribution >= 4 is 34.7 Å². The van der Waals surface area contributed by atoms with Crippen LogP contribution in [0.15, 0.2) is 65.0 Å². The first-order valence-electron chi connectivity index (χ1n) is 13.0. The second-order valence-corrected chi connectivity index (χ2v) is 11.3. The molecule has 200 valence electrons. The third-order valence-corrected chi connectivity index (χ3v) is 8.93. The SMILES string of the molecule is COc1cccc(-c2c(-c3ccnc(Nc4cccc(OCCCN5CCCC5)c4)n3)sc(SC)c2C#N)c1. The number of likely N-dealkylation sites (tertiary alicyclic amines) is 1. The summed E-state index contributed by atoms with van der Waals surface area (Å²) in [6, 6.07) is 19.9. The lowest BCUT2D eigenvalue weighted by Crippen LogP contribution is -2.21. The first kappa shape index (κ1) is 27.0. The van der Waals surface area contributed by atoms with Gasteiger partial charge in [-0.3, -0.25) is 0 Å². The first-order chi connectivity index (χ1) is 19.2. The van der Waals surface area contributed by atoms with Crippen molar-refractivity contribution in [2.24, 2.45) is 0 Å². The highest BCUT2D eigenvalue weighted by Crippen LogP contribution is 2.46. The molecule has 3 heterocycles. The molecule has 1 aliphatic heterocycles. The van der Waals surface area contributed by atoms with Crippen molar-refractivity contribution in [1.29, 1.82) is 5.26 Å². The quantitative estimate of drug-likeness (QED) is 0.155. The molecule has 4 aromatic rings. The molecule has 0 saturated carbocycles. The minimum atomic E-state index is 0.480. The minimum Gasteiger partial charge on any atom is -0.497 e. The number of anilines is 2. The van der Waals surface area contributed by atoms with Crippen LogP contribution >= 0.6 is 23.1 Å². The predicted octanol–water partition coefficient (Wildman–Crippen LogP) is 7.08. The van der Waals surface area contributed by atoms with Gasteiger partial charge in [-0.05, 0) is 74.5 Å². The Hall–Kier alpha value is -3.58. The van der Waals surface area contributed by atoms with Gasteiger partial charge in [0, 0.05) is 30.1 Å². The Morgan fingerprint density at radius 3 is 2.72 bits per heavy atom. The summed E-state index contributed by atoms with van der Waals surface area (Å²) in [7, 11) is 1.64. The van der Waals surface area contributed by atoms with E-state index in [4.69, 9.17) is 14.5 Å². The molecule has 5 rings (SSSR count). The molecule has 1 aliphatic rings. The standard InChI is InChI=1S/C30H31N5O2S2/c1-36-23-10-5-8-21(18-23)27-25(20-31)29(38-2)39-28(27)26-12-13-32-30(34-26)33-22-9-6-11-24(19-22)37-17-7-16-35-14-3-4-15-35/h5-6,8-13,18-19H,3-4,7,14-17H2,1-2H3,(H,32,33,34). The van der Waals surface area contributed by atoms with Crippen LogP contribution in [0.1, 0.15) is 24.8 Å². The van der Waals surface area contributed by atoms with Crippen LogP contribution < -0.4 is 14.8 Å². The molecule has 39 heavy (non-hydrogen) atoms. The molecule has 2 aromatic heterocycles. The third kappa shape index (κ3) is 6.53. The summed E-state index contributed by atoms with van der Waals surface area (Å²) < 4.78 is 12.4. The smallest absolute Gasteiger partial charge is 0.227 e. The molecule has 0 atom stereocenters. The van der Waals surface area contributed by atoms with Crippen molar-refractivity contribution in [1.82, 2.24) is 14.9 Å². The van der Waals surface area contributed by atoms with E-state index in [1.807, 2.05) is 60.9 Å². The largest absolute Gasteiger partial charge is 0.497 e. The minimum absolute atomic E-state index is 0.480. The third-order valence-electron chi connectivity index (χ3n) is 6.60. The zero-order chi connectivity index (χ0) is 27.0. The fraction of sp³-hybridized carbons (Fsp3) is 0.300. The van der Waals surface area contributed by atoms with Crippen molar-refractivity contribution < 1.29 is 9.47 Å².